The maximum atomic E-state index is 10.2. The molecule has 0 radical (unpaired) electrons. The number of hydrogen-bond acceptors (Lipinski definition) is 3. The molecule has 116 valence electrons. The smallest absolute Gasteiger partial charge is 0.0900 e. The van der Waals surface area contributed by atoms with E-state index in [4.69, 9.17) is 4.74 Å². The molecule has 1 N–H and O–H groups in total. The molecule has 0 unspecified atom stereocenters. The molecule has 3 fully saturated rings. The van der Waals surface area contributed by atoms with Crippen LogP contribution in [-0.4, -0.2) is 48.5 Å². The second-order valence-electron chi connectivity index (χ2n) is 8.29. The molecule has 1 aliphatic heterocycles. The van der Waals surface area contributed by atoms with Crippen LogP contribution in [0, 0.1) is 16.7 Å². The molecule has 3 rings (SSSR count). The van der Waals surface area contributed by atoms with E-state index in [1.54, 1.807) is 0 Å². The van der Waals surface area contributed by atoms with E-state index in [1.165, 1.54) is 32.1 Å². The number of aliphatic hydroxyl groups is 1. The first kappa shape index (κ1) is 14.8. The maximum absolute atomic E-state index is 10.2. The lowest BCUT2D eigenvalue weighted by Gasteiger charge is -2.42. The molecular weight excluding hydrogens is 250 g/mol. The van der Waals surface area contributed by atoms with Crippen LogP contribution in [0.25, 0.3) is 0 Å². The van der Waals surface area contributed by atoms with Crippen LogP contribution in [0.2, 0.25) is 0 Å². The standard InChI is InChI=1S/C17H31NO2/c1-16(2)13-6-7-17(3,10-13)15(16)20-12-14(19)11-18-8-4-5-9-18/h13-15,19H,4-12H2,1-3H3/t13-,14-,15-,17+/m1/s1. The highest BCUT2D eigenvalue weighted by Gasteiger charge is 2.60. The minimum Gasteiger partial charge on any atom is -0.389 e. The zero-order valence-corrected chi connectivity index (χ0v) is 13.4. The Morgan fingerprint density at radius 1 is 1.25 bits per heavy atom. The quantitative estimate of drug-likeness (QED) is 0.841. The Hall–Kier alpha value is -0.120. The van der Waals surface area contributed by atoms with Crippen molar-refractivity contribution in [1.82, 2.24) is 4.90 Å². The average molecular weight is 281 g/mol. The normalized spacial score (nSPS) is 41.4. The Kier molecular flexibility index (Phi) is 3.89. The summed E-state index contributed by atoms with van der Waals surface area (Å²) < 4.78 is 6.25. The van der Waals surface area contributed by atoms with E-state index in [2.05, 4.69) is 25.7 Å². The number of nitrogens with zero attached hydrogens (tertiary/aromatic N) is 1. The number of ether oxygens (including phenoxy) is 1. The fourth-order valence-electron chi connectivity index (χ4n) is 5.20. The van der Waals surface area contributed by atoms with Gasteiger partial charge < -0.3 is 14.7 Å². The third-order valence-electron chi connectivity index (χ3n) is 6.26. The molecule has 0 spiro atoms. The van der Waals surface area contributed by atoms with Crippen LogP contribution in [0.5, 0.6) is 0 Å². The van der Waals surface area contributed by atoms with Gasteiger partial charge in [0.1, 0.15) is 0 Å². The van der Waals surface area contributed by atoms with E-state index in [1.807, 2.05) is 0 Å². The van der Waals surface area contributed by atoms with E-state index in [-0.39, 0.29) is 11.5 Å². The Balaban J connectivity index is 1.52. The highest BCUT2D eigenvalue weighted by Crippen LogP contribution is 2.63. The second kappa shape index (κ2) is 5.26. The van der Waals surface area contributed by atoms with Crippen molar-refractivity contribution < 1.29 is 9.84 Å². The Morgan fingerprint density at radius 3 is 2.55 bits per heavy atom. The summed E-state index contributed by atoms with van der Waals surface area (Å²) in [6, 6.07) is 0. The van der Waals surface area contributed by atoms with Crippen LogP contribution in [0.4, 0.5) is 0 Å². The largest absolute Gasteiger partial charge is 0.389 e. The Bertz CT molecular complexity index is 346. The van der Waals surface area contributed by atoms with Gasteiger partial charge in [0.15, 0.2) is 0 Å². The molecule has 0 aromatic rings. The highest BCUT2D eigenvalue weighted by atomic mass is 16.5. The maximum Gasteiger partial charge on any atom is 0.0900 e. The van der Waals surface area contributed by atoms with E-state index < -0.39 is 0 Å². The lowest BCUT2D eigenvalue weighted by atomic mass is 9.70. The van der Waals surface area contributed by atoms with Crippen molar-refractivity contribution in [1.29, 1.82) is 0 Å². The van der Waals surface area contributed by atoms with Gasteiger partial charge in [-0.15, -0.1) is 0 Å². The van der Waals surface area contributed by atoms with Crippen molar-refractivity contribution in [2.75, 3.05) is 26.2 Å². The summed E-state index contributed by atoms with van der Waals surface area (Å²) in [5, 5.41) is 10.2. The summed E-state index contributed by atoms with van der Waals surface area (Å²) in [5.74, 6) is 0.813. The fourth-order valence-corrected chi connectivity index (χ4v) is 5.20. The number of β-amino-alcohol motifs (C(OH)–C–C–N with tert-alkyl or cyclic N) is 1. The Morgan fingerprint density at radius 2 is 1.95 bits per heavy atom. The molecule has 2 aliphatic carbocycles. The summed E-state index contributed by atoms with van der Waals surface area (Å²) in [4.78, 5) is 2.36. The number of hydrogen-bond donors (Lipinski definition) is 1. The van der Waals surface area contributed by atoms with Gasteiger partial charge in [-0.1, -0.05) is 20.8 Å². The van der Waals surface area contributed by atoms with Crippen molar-refractivity contribution in [2.24, 2.45) is 16.7 Å². The molecule has 4 atom stereocenters. The van der Waals surface area contributed by atoms with Crippen LogP contribution in [-0.2, 0) is 4.74 Å². The van der Waals surface area contributed by atoms with Gasteiger partial charge in [0.2, 0.25) is 0 Å². The van der Waals surface area contributed by atoms with Gasteiger partial charge in [-0.05, 0) is 61.9 Å². The van der Waals surface area contributed by atoms with Gasteiger partial charge >= 0.3 is 0 Å². The molecule has 0 aromatic carbocycles. The van der Waals surface area contributed by atoms with Crippen molar-refractivity contribution in [3.05, 3.63) is 0 Å². The van der Waals surface area contributed by atoms with Crippen molar-refractivity contribution >= 4 is 0 Å². The lowest BCUT2D eigenvalue weighted by molar-refractivity contribution is -0.113. The third kappa shape index (κ3) is 2.53. The molecule has 2 bridgehead atoms. The minimum absolute atomic E-state index is 0.278. The highest BCUT2D eigenvalue weighted by molar-refractivity contribution is 5.09. The predicted octanol–water partition coefficient (Wildman–Crippen LogP) is 2.67. The number of fused-ring (bicyclic) bond motifs is 2. The average Bonchev–Trinajstić information content (AvgIpc) is 3.02. The Labute approximate surface area is 123 Å². The first-order chi connectivity index (χ1) is 9.42. The van der Waals surface area contributed by atoms with Gasteiger partial charge in [-0.3, -0.25) is 0 Å². The summed E-state index contributed by atoms with van der Waals surface area (Å²) in [5.41, 5.74) is 0.627. The summed E-state index contributed by atoms with van der Waals surface area (Å²) in [7, 11) is 0. The monoisotopic (exact) mass is 281 g/mol. The van der Waals surface area contributed by atoms with Crippen LogP contribution in [0.15, 0.2) is 0 Å². The van der Waals surface area contributed by atoms with E-state index in [0.717, 1.165) is 25.6 Å². The molecule has 0 amide bonds. The molecule has 1 heterocycles. The van der Waals surface area contributed by atoms with E-state index in [0.29, 0.717) is 18.1 Å². The molecule has 3 heteroatoms. The molecule has 1 saturated heterocycles. The molecular formula is C17H31NO2. The summed E-state index contributed by atoms with van der Waals surface area (Å²) in [6.07, 6.45) is 6.53. The SMILES string of the molecule is CC1(C)[C@@H]2CC[C@@](C)(C2)[C@@H]1OC[C@H](O)CN1CCCC1. The predicted molar refractivity (Wildman–Crippen MR) is 80.6 cm³/mol. The second-order valence-corrected chi connectivity index (χ2v) is 8.29. The minimum atomic E-state index is -0.327. The zero-order chi connectivity index (χ0) is 14.4. The molecule has 2 saturated carbocycles. The third-order valence-corrected chi connectivity index (χ3v) is 6.26. The van der Waals surface area contributed by atoms with Crippen molar-refractivity contribution in [3.8, 4) is 0 Å². The summed E-state index contributed by atoms with van der Waals surface area (Å²) >= 11 is 0. The fraction of sp³-hybridized carbons (Fsp3) is 1.00. The van der Waals surface area contributed by atoms with Gasteiger partial charge in [0.05, 0.1) is 18.8 Å². The molecule has 0 aromatic heterocycles. The van der Waals surface area contributed by atoms with Crippen molar-refractivity contribution in [2.45, 2.75) is 65.1 Å². The van der Waals surface area contributed by atoms with Gasteiger partial charge in [0.25, 0.3) is 0 Å². The van der Waals surface area contributed by atoms with Crippen molar-refractivity contribution in [3.63, 3.8) is 0 Å². The van der Waals surface area contributed by atoms with E-state index in [9.17, 15) is 5.11 Å². The van der Waals surface area contributed by atoms with Gasteiger partial charge in [-0.2, -0.15) is 0 Å². The number of likely N-dealkylation sites (tertiary alicyclic amines) is 1. The lowest BCUT2D eigenvalue weighted by Crippen LogP contribution is -2.44. The van der Waals surface area contributed by atoms with Gasteiger partial charge in [-0.25, -0.2) is 0 Å². The zero-order valence-electron chi connectivity index (χ0n) is 13.4. The molecule has 3 nitrogen and oxygen atoms in total. The molecule has 3 aliphatic rings. The first-order valence-corrected chi connectivity index (χ1v) is 8.44. The topological polar surface area (TPSA) is 32.7 Å². The number of rotatable bonds is 5. The summed E-state index contributed by atoms with van der Waals surface area (Å²) in [6.45, 7) is 10.7. The van der Waals surface area contributed by atoms with Crippen LogP contribution in [0.3, 0.4) is 0 Å². The van der Waals surface area contributed by atoms with E-state index >= 15 is 0 Å². The molecule has 20 heavy (non-hydrogen) atoms. The van der Waals surface area contributed by atoms with Crippen LogP contribution in [0.1, 0.15) is 52.9 Å². The van der Waals surface area contributed by atoms with Gasteiger partial charge in [0, 0.05) is 6.54 Å². The van der Waals surface area contributed by atoms with Crippen LogP contribution < -0.4 is 0 Å². The van der Waals surface area contributed by atoms with Crippen LogP contribution >= 0.6 is 0 Å². The first-order valence-electron chi connectivity index (χ1n) is 8.44. The number of aliphatic hydroxyl groups excluding tert-OH is 1.